The van der Waals surface area contributed by atoms with Crippen molar-refractivity contribution in [1.82, 2.24) is 0 Å². The van der Waals surface area contributed by atoms with E-state index < -0.39 is 0 Å². The van der Waals surface area contributed by atoms with Gasteiger partial charge in [-0.3, -0.25) is 4.79 Å². The summed E-state index contributed by atoms with van der Waals surface area (Å²) < 4.78 is 0.973. The Balaban J connectivity index is 2.25. The number of rotatable bonds is 2. The molecule has 98 valence electrons. The van der Waals surface area contributed by atoms with E-state index in [4.69, 9.17) is 5.73 Å². The Morgan fingerprint density at radius 1 is 1.11 bits per heavy atom. The van der Waals surface area contributed by atoms with Crippen molar-refractivity contribution in [3.8, 4) is 0 Å². The van der Waals surface area contributed by atoms with Crippen LogP contribution in [-0.2, 0) is 0 Å². The molecule has 0 heterocycles. The second-order valence-corrected chi connectivity index (χ2v) is 5.40. The molecule has 0 fully saturated rings. The zero-order chi connectivity index (χ0) is 14.0. The van der Waals surface area contributed by atoms with E-state index in [1.165, 1.54) is 0 Å². The summed E-state index contributed by atoms with van der Waals surface area (Å²) in [5, 5.41) is 2.86. The topological polar surface area (TPSA) is 55.1 Å². The highest BCUT2D eigenvalue weighted by molar-refractivity contribution is 9.10. The van der Waals surface area contributed by atoms with Gasteiger partial charge in [-0.25, -0.2) is 0 Å². The smallest absolute Gasteiger partial charge is 0.256 e. The van der Waals surface area contributed by atoms with Crippen LogP contribution in [0.15, 0.2) is 40.9 Å². The predicted octanol–water partition coefficient (Wildman–Crippen LogP) is 3.90. The highest BCUT2D eigenvalue weighted by atomic mass is 79.9. The molecule has 4 heteroatoms. The molecule has 3 nitrogen and oxygen atoms in total. The fourth-order valence-electron chi connectivity index (χ4n) is 1.85. The van der Waals surface area contributed by atoms with Crippen molar-refractivity contribution in [3.05, 3.63) is 57.6 Å². The summed E-state index contributed by atoms with van der Waals surface area (Å²) in [5.41, 5.74) is 9.75. The molecule has 0 aromatic heterocycles. The third-order valence-electron chi connectivity index (χ3n) is 2.96. The first kappa shape index (κ1) is 13.6. The number of hydrogen-bond donors (Lipinski definition) is 2. The summed E-state index contributed by atoms with van der Waals surface area (Å²) in [5.74, 6) is -0.147. The van der Waals surface area contributed by atoms with Crippen LogP contribution in [0.25, 0.3) is 0 Å². The van der Waals surface area contributed by atoms with E-state index in [1.54, 1.807) is 6.07 Å². The van der Waals surface area contributed by atoms with Gasteiger partial charge in [-0.1, -0.05) is 22.0 Å². The van der Waals surface area contributed by atoms with Crippen LogP contribution in [0.3, 0.4) is 0 Å². The maximum absolute atomic E-state index is 12.2. The number of amides is 1. The standard InChI is InChI=1S/C15H15BrN2O/c1-9-7-10(2)14(17)8-13(9)15(19)18-12-5-3-11(16)4-6-12/h3-8H,17H2,1-2H3,(H,18,19). The molecule has 3 N–H and O–H groups in total. The number of nitrogens with two attached hydrogens (primary N) is 1. The lowest BCUT2D eigenvalue weighted by atomic mass is 10.0. The minimum Gasteiger partial charge on any atom is -0.398 e. The molecule has 0 atom stereocenters. The molecular weight excluding hydrogens is 304 g/mol. The summed E-state index contributed by atoms with van der Waals surface area (Å²) >= 11 is 3.36. The van der Waals surface area contributed by atoms with Crippen molar-refractivity contribution in [2.45, 2.75) is 13.8 Å². The third-order valence-corrected chi connectivity index (χ3v) is 3.49. The highest BCUT2D eigenvalue weighted by Gasteiger charge is 2.11. The fourth-order valence-corrected chi connectivity index (χ4v) is 2.11. The van der Waals surface area contributed by atoms with Crippen molar-refractivity contribution < 1.29 is 4.79 Å². The number of nitrogen functional groups attached to an aromatic ring is 1. The Morgan fingerprint density at radius 2 is 1.74 bits per heavy atom. The molecule has 2 aromatic rings. The molecular formula is C15H15BrN2O. The lowest BCUT2D eigenvalue weighted by molar-refractivity contribution is 0.102. The zero-order valence-electron chi connectivity index (χ0n) is 10.8. The van der Waals surface area contributed by atoms with Gasteiger partial charge in [0.1, 0.15) is 0 Å². The van der Waals surface area contributed by atoms with E-state index in [1.807, 2.05) is 44.2 Å². The SMILES string of the molecule is Cc1cc(C)c(C(=O)Nc2ccc(Br)cc2)cc1N. The number of carbonyl (C=O) groups excluding carboxylic acids is 1. The maximum atomic E-state index is 12.2. The normalized spacial score (nSPS) is 10.3. The highest BCUT2D eigenvalue weighted by Crippen LogP contribution is 2.20. The lowest BCUT2D eigenvalue weighted by Crippen LogP contribution is -2.14. The van der Waals surface area contributed by atoms with Gasteiger partial charge >= 0.3 is 0 Å². The second kappa shape index (κ2) is 5.45. The molecule has 0 saturated heterocycles. The van der Waals surface area contributed by atoms with Gasteiger partial charge in [0.15, 0.2) is 0 Å². The van der Waals surface area contributed by atoms with Crippen molar-refractivity contribution in [2.75, 3.05) is 11.1 Å². The van der Waals surface area contributed by atoms with Crippen molar-refractivity contribution in [1.29, 1.82) is 0 Å². The lowest BCUT2D eigenvalue weighted by Gasteiger charge is -2.10. The largest absolute Gasteiger partial charge is 0.398 e. The molecule has 0 aliphatic carbocycles. The van der Waals surface area contributed by atoms with Gasteiger partial charge in [-0.05, 0) is 55.3 Å². The molecule has 0 saturated carbocycles. The van der Waals surface area contributed by atoms with Crippen molar-refractivity contribution >= 4 is 33.2 Å². The molecule has 0 radical (unpaired) electrons. The van der Waals surface area contributed by atoms with Gasteiger partial charge in [0, 0.05) is 21.4 Å². The monoisotopic (exact) mass is 318 g/mol. The molecule has 0 spiro atoms. The number of carbonyl (C=O) groups is 1. The van der Waals surface area contributed by atoms with E-state index in [0.717, 1.165) is 21.3 Å². The second-order valence-electron chi connectivity index (χ2n) is 4.48. The minimum absolute atomic E-state index is 0.147. The molecule has 0 aliphatic rings. The maximum Gasteiger partial charge on any atom is 0.256 e. The zero-order valence-corrected chi connectivity index (χ0v) is 12.4. The fraction of sp³-hybridized carbons (Fsp3) is 0.133. The molecule has 2 rings (SSSR count). The average molecular weight is 319 g/mol. The Labute approximate surface area is 121 Å². The number of anilines is 2. The van der Waals surface area contributed by atoms with Crippen LogP contribution in [0, 0.1) is 13.8 Å². The van der Waals surface area contributed by atoms with Crippen molar-refractivity contribution in [2.24, 2.45) is 0 Å². The summed E-state index contributed by atoms with van der Waals surface area (Å²) in [7, 11) is 0. The molecule has 0 bridgehead atoms. The summed E-state index contributed by atoms with van der Waals surface area (Å²) in [6.45, 7) is 3.83. The molecule has 2 aromatic carbocycles. The third kappa shape index (κ3) is 3.15. The number of benzene rings is 2. The summed E-state index contributed by atoms with van der Waals surface area (Å²) in [6.07, 6.45) is 0. The molecule has 1 amide bonds. The van der Waals surface area contributed by atoms with Gasteiger partial charge in [-0.15, -0.1) is 0 Å². The van der Waals surface area contributed by atoms with E-state index in [0.29, 0.717) is 11.3 Å². The Morgan fingerprint density at radius 3 is 2.37 bits per heavy atom. The number of hydrogen-bond acceptors (Lipinski definition) is 2. The average Bonchev–Trinajstić information content (AvgIpc) is 2.36. The molecule has 0 unspecified atom stereocenters. The van der Waals surface area contributed by atoms with Crippen LogP contribution >= 0.6 is 15.9 Å². The van der Waals surface area contributed by atoms with Crippen LogP contribution in [0.1, 0.15) is 21.5 Å². The van der Waals surface area contributed by atoms with Crippen LogP contribution in [0.4, 0.5) is 11.4 Å². The van der Waals surface area contributed by atoms with Gasteiger partial charge in [0.25, 0.3) is 5.91 Å². The first-order valence-corrected chi connectivity index (χ1v) is 6.70. The molecule has 0 aliphatic heterocycles. The Bertz CT molecular complexity index is 621. The molecule has 19 heavy (non-hydrogen) atoms. The van der Waals surface area contributed by atoms with Gasteiger partial charge in [0.2, 0.25) is 0 Å². The van der Waals surface area contributed by atoms with Crippen LogP contribution in [0.2, 0.25) is 0 Å². The van der Waals surface area contributed by atoms with E-state index in [-0.39, 0.29) is 5.91 Å². The summed E-state index contributed by atoms with van der Waals surface area (Å²) in [4.78, 5) is 12.2. The first-order chi connectivity index (χ1) is 8.97. The predicted molar refractivity (Wildman–Crippen MR) is 82.4 cm³/mol. The van der Waals surface area contributed by atoms with Crippen LogP contribution in [-0.4, -0.2) is 5.91 Å². The summed E-state index contributed by atoms with van der Waals surface area (Å²) in [6, 6.07) is 11.1. The van der Waals surface area contributed by atoms with Gasteiger partial charge in [-0.2, -0.15) is 0 Å². The minimum atomic E-state index is -0.147. The number of halogens is 1. The van der Waals surface area contributed by atoms with E-state index in [9.17, 15) is 4.79 Å². The number of aryl methyl sites for hydroxylation is 2. The van der Waals surface area contributed by atoms with Gasteiger partial charge < -0.3 is 11.1 Å². The number of nitrogens with one attached hydrogen (secondary N) is 1. The Hall–Kier alpha value is -1.81. The van der Waals surface area contributed by atoms with Crippen LogP contribution < -0.4 is 11.1 Å². The quantitative estimate of drug-likeness (QED) is 0.825. The first-order valence-electron chi connectivity index (χ1n) is 5.91. The Kier molecular flexibility index (Phi) is 3.90. The van der Waals surface area contributed by atoms with Gasteiger partial charge in [0.05, 0.1) is 0 Å². The van der Waals surface area contributed by atoms with E-state index in [2.05, 4.69) is 21.2 Å². The van der Waals surface area contributed by atoms with Crippen LogP contribution in [0.5, 0.6) is 0 Å². The van der Waals surface area contributed by atoms with E-state index >= 15 is 0 Å². The van der Waals surface area contributed by atoms with Crippen molar-refractivity contribution in [3.63, 3.8) is 0 Å².